The van der Waals surface area contributed by atoms with Crippen LogP contribution in [0.2, 0.25) is 5.02 Å². The number of hydrogen-bond donors (Lipinski definition) is 0. The van der Waals surface area contributed by atoms with Crippen LogP contribution in [0.5, 0.6) is 5.75 Å². The molecule has 0 saturated carbocycles. The average molecular weight is 442 g/mol. The van der Waals surface area contributed by atoms with Gasteiger partial charge in [-0.15, -0.1) is 0 Å². The highest BCUT2D eigenvalue weighted by Gasteiger charge is 2.46. The molecule has 8 heteroatoms. The van der Waals surface area contributed by atoms with Crippen LogP contribution in [-0.2, 0) is 20.2 Å². The van der Waals surface area contributed by atoms with Crippen LogP contribution in [0.1, 0.15) is 24.0 Å². The standard InChI is InChI=1S/C20H21Cl2NO4S/c1-14-3-6-16(7-4-14)28(25,26)23-11-9-20(10-12-23,19(22)24)17-13-15(21)5-8-18(17)27-2/h3-8,13H,9-12H2,1-2H3. The van der Waals surface area contributed by atoms with Gasteiger partial charge in [0.2, 0.25) is 15.3 Å². The Morgan fingerprint density at radius 1 is 1.11 bits per heavy atom. The van der Waals surface area contributed by atoms with Crippen molar-refractivity contribution in [2.24, 2.45) is 0 Å². The van der Waals surface area contributed by atoms with E-state index in [1.165, 1.54) is 11.4 Å². The minimum absolute atomic E-state index is 0.171. The molecule has 5 nitrogen and oxygen atoms in total. The van der Waals surface area contributed by atoms with Crippen molar-refractivity contribution in [2.75, 3.05) is 20.2 Å². The normalized spacial score (nSPS) is 17.3. The average Bonchev–Trinajstić information content (AvgIpc) is 2.68. The number of carbonyl (C=O) groups is 1. The second-order valence-corrected chi connectivity index (χ2v) is 9.64. The Kier molecular flexibility index (Phi) is 6.05. The molecule has 2 aromatic rings. The molecule has 0 N–H and O–H groups in total. The summed E-state index contributed by atoms with van der Waals surface area (Å²) in [4.78, 5) is 12.7. The fraction of sp³-hybridized carbons (Fsp3) is 0.350. The van der Waals surface area contributed by atoms with Gasteiger partial charge in [-0.25, -0.2) is 8.42 Å². The summed E-state index contributed by atoms with van der Waals surface area (Å²) in [5.41, 5.74) is 0.532. The molecule has 1 heterocycles. The van der Waals surface area contributed by atoms with Crippen molar-refractivity contribution in [2.45, 2.75) is 30.1 Å². The molecule has 1 fully saturated rings. The van der Waals surface area contributed by atoms with E-state index < -0.39 is 20.7 Å². The maximum atomic E-state index is 13.0. The Labute approximate surface area is 175 Å². The van der Waals surface area contributed by atoms with E-state index >= 15 is 0 Å². The summed E-state index contributed by atoms with van der Waals surface area (Å²) in [6, 6.07) is 11.8. The number of ether oxygens (including phenoxy) is 1. The lowest BCUT2D eigenvalue weighted by Crippen LogP contribution is -2.48. The van der Waals surface area contributed by atoms with Crippen molar-refractivity contribution in [1.82, 2.24) is 4.31 Å². The molecule has 1 saturated heterocycles. The lowest BCUT2D eigenvalue weighted by molar-refractivity contribution is -0.118. The van der Waals surface area contributed by atoms with Gasteiger partial charge in [0.05, 0.1) is 17.4 Å². The van der Waals surface area contributed by atoms with Gasteiger partial charge in [-0.05, 0) is 61.7 Å². The van der Waals surface area contributed by atoms with Crippen LogP contribution >= 0.6 is 23.2 Å². The summed E-state index contributed by atoms with van der Waals surface area (Å²) >= 11 is 12.2. The molecule has 0 spiro atoms. The van der Waals surface area contributed by atoms with Crippen molar-refractivity contribution in [3.63, 3.8) is 0 Å². The van der Waals surface area contributed by atoms with Gasteiger partial charge in [0.1, 0.15) is 5.75 Å². The molecule has 1 aliphatic heterocycles. The number of hydrogen-bond acceptors (Lipinski definition) is 4. The molecule has 1 aliphatic rings. The second kappa shape index (κ2) is 8.03. The Morgan fingerprint density at radius 3 is 2.25 bits per heavy atom. The number of benzene rings is 2. The lowest BCUT2D eigenvalue weighted by atomic mass is 9.74. The largest absolute Gasteiger partial charge is 0.496 e. The fourth-order valence-corrected chi connectivity index (χ4v) is 5.50. The van der Waals surface area contributed by atoms with E-state index in [9.17, 15) is 13.2 Å². The molecular formula is C20H21Cl2NO4S. The van der Waals surface area contributed by atoms with Crippen LogP contribution in [0, 0.1) is 6.92 Å². The number of carbonyl (C=O) groups excluding carboxylic acids is 1. The maximum absolute atomic E-state index is 13.0. The van der Waals surface area contributed by atoms with Gasteiger partial charge in [-0.2, -0.15) is 4.31 Å². The highest BCUT2D eigenvalue weighted by molar-refractivity contribution is 7.89. The molecule has 0 aliphatic carbocycles. The molecule has 0 amide bonds. The summed E-state index contributed by atoms with van der Waals surface area (Å²) in [6.07, 6.45) is 0.494. The molecule has 0 unspecified atom stereocenters. The first-order chi connectivity index (χ1) is 13.2. The van der Waals surface area contributed by atoms with Gasteiger partial charge in [0.15, 0.2) is 0 Å². The van der Waals surface area contributed by atoms with Gasteiger partial charge in [0, 0.05) is 23.7 Å². The van der Waals surface area contributed by atoms with Crippen molar-refractivity contribution >= 4 is 38.5 Å². The van der Waals surface area contributed by atoms with E-state index in [0.29, 0.717) is 16.3 Å². The van der Waals surface area contributed by atoms with Crippen molar-refractivity contribution in [3.8, 4) is 5.75 Å². The van der Waals surface area contributed by atoms with Crippen LogP contribution in [0.3, 0.4) is 0 Å². The number of nitrogens with zero attached hydrogens (tertiary/aromatic N) is 1. The van der Waals surface area contributed by atoms with Crippen LogP contribution in [-0.4, -0.2) is 38.2 Å². The molecule has 0 bridgehead atoms. The number of halogens is 2. The highest BCUT2D eigenvalue weighted by Crippen LogP contribution is 2.44. The SMILES string of the molecule is COc1ccc(Cl)cc1C1(C(=O)Cl)CCN(S(=O)(=O)c2ccc(C)cc2)CC1. The number of sulfonamides is 1. The predicted octanol–water partition coefficient (Wildman–Crippen LogP) is 4.14. The van der Waals surface area contributed by atoms with E-state index in [1.807, 2.05) is 6.92 Å². The summed E-state index contributed by atoms with van der Waals surface area (Å²) < 4.78 is 32.7. The first kappa shape index (κ1) is 21.1. The van der Waals surface area contributed by atoms with Crippen molar-refractivity contribution in [3.05, 3.63) is 58.6 Å². The summed E-state index contributed by atoms with van der Waals surface area (Å²) in [7, 11) is -2.13. The van der Waals surface area contributed by atoms with Crippen molar-refractivity contribution in [1.29, 1.82) is 0 Å². The molecule has 0 atom stereocenters. The van der Waals surface area contributed by atoms with Crippen LogP contribution in [0.15, 0.2) is 47.4 Å². The third-order valence-electron chi connectivity index (χ3n) is 5.29. The van der Waals surface area contributed by atoms with E-state index in [4.69, 9.17) is 27.9 Å². The third kappa shape index (κ3) is 3.79. The second-order valence-electron chi connectivity index (χ2n) is 6.92. The minimum Gasteiger partial charge on any atom is -0.496 e. The van der Waals surface area contributed by atoms with E-state index in [1.54, 1.807) is 42.5 Å². The monoisotopic (exact) mass is 441 g/mol. The predicted molar refractivity (Wildman–Crippen MR) is 110 cm³/mol. The van der Waals surface area contributed by atoms with E-state index in [0.717, 1.165) is 5.56 Å². The van der Waals surface area contributed by atoms with Crippen LogP contribution in [0.25, 0.3) is 0 Å². The summed E-state index contributed by atoms with van der Waals surface area (Å²) in [5, 5.41) is -0.0803. The molecule has 2 aromatic carbocycles. The zero-order valence-corrected chi connectivity index (χ0v) is 17.9. The Bertz CT molecular complexity index is 982. The number of piperidine rings is 1. The maximum Gasteiger partial charge on any atom is 0.243 e. The van der Waals surface area contributed by atoms with Gasteiger partial charge >= 0.3 is 0 Å². The highest BCUT2D eigenvalue weighted by atomic mass is 35.5. The van der Waals surface area contributed by atoms with Gasteiger partial charge in [-0.1, -0.05) is 29.3 Å². The number of methoxy groups -OCH3 is 1. The Morgan fingerprint density at radius 2 is 1.71 bits per heavy atom. The van der Waals surface area contributed by atoms with E-state index in [-0.39, 0.29) is 30.8 Å². The van der Waals surface area contributed by atoms with Crippen molar-refractivity contribution < 1.29 is 17.9 Å². The fourth-order valence-electron chi connectivity index (χ4n) is 3.59. The van der Waals surface area contributed by atoms with Crippen LogP contribution < -0.4 is 4.74 Å². The summed E-state index contributed by atoms with van der Waals surface area (Å²) in [5.74, 6) is 0.508. The Hall–Kier alpha value is -1.60. The van der Waals surface area contributed by atoms with Gasteiger partial charge in [-0.3, -0.25) is 4.79 Å². The zero-order chi connectivity index (χ0) is 20.5. The molecule has 150 valence electrons. The lowest BCUT2D eigenvalue weighted by Gasteiger charge is -2.39. The first-order valence-corrected chi connectivity index (χ1v) is 11.0. The molecular weight excluding hydrogens is 421 g/mol. The van der Waals surface area contributed by atoms with E-state index in [2.05, 4.69) is 0 Å². The zero-order valence-electron chi connectivity index (χ0n) is 15.6. The van der Waals surface area contributed by atoms with Gasteiger partial charge in [0.25, 0.3) is 0 Å². The topological polar surface area (TPSA) is 63.7 Å². The summed E-state index contributed by atoms with van der Waals surface area (Å²) in [6.45, 7) is 2.24. The first-order valence-electron chi connectivity index (χ1n) is 8.81. The van der Waals surface area contributed by atoms with Gasteiger partial charge < -0.3 is 4.74 Å². The molecule has 3 rings (SSSR count). The van der Waals surface area contributed by atoms with Crippen LogP contribution in [0.4, 0.5) is 0 Å². The number of rotatable bonds is 5. The molecule has 0 radical (unpaired) electrons. The molecule has 0 aromatic heterocycles. The minimum atomic E-state index is -3.64. The molecule has 28 heavy (non-hydrogen) atoms. The number of aryl methyl sites for hydroxylation is 1. The smallest absolute Gasteiger partial charge is 0.243 e. The Balaban J connectivity index is 1.92. The quantitative estimate of drug-likeness (QED) is 0.653. The third-order valence-corrected chi connectivity index (χ3v) is 7.80.